The molecule has 1 N–H and O–H groups in total. The van der Waals surface area contributed by atoms with Crippen molar-refractivity contribution in [2.75, 3.05) is 18.5 Å². The zero-order valence-electron chi connectivity index (χ0n) is 14.3. The zero-order valence-corrected chi connectivity index (χ0v) is 14.3. The molecule has 0 spiro atoms. The lowest BCUT2D eigenvalue weighted by Crippen LogP contribution is -2.20. The third-order valence-electron chi connectivity index (χ3n) is 3.22. The minimum atomic E-state index is -0.625. The van der Waals surface area contributed by atoms with Gasteiger partial charge in [0.05, 0.1) is 18.2 Å². The molecule has 0 aromatic heterocycles. The molecular weight excluding hydrogens is 332 g/mol. The molecule has 0 saturated carbocycles. The molecule has 0 aliphatic rings. The standard InChI is InChI=1S/C20H18N2O4/c1-2-25-18-9-6-15(7-10-18)8-11-20(24)26-14-19(23)22-17-5-3-4-16(12-17)13-21/h3-12H,2,14H2,1H3,(H,22,23). The van der Waals surface area contributed by atoms with Gasteiger partial charge < -0.3 is 14.8 Å². The molecule has 2 rings (SSSR count). The van der Waals surface area contributed by atoms with Crippen LogP contribution in [0.25, 0.3) is 6.08 Å². The Morgan fingerprint density at radius 3 is 2.65 bits per heavy atom. The van der Waals surface area contributed by atoms with Crippen LogP contribution in [0.5, 0.6) is 5.75 Å². The molecule has 0 radical (unpaired) electrons. The Balaban J connectivity index is 1.80. The second-order valence-electron chi connectivity index (χ2n) is 5.18. The first-order valence-electron chi connectivity index (χ1n) is 7.98. The van der Waals surface area contributed by atoms with E-state index < -0.39 is 18.5 Å². The third-order valence-corrected chi connectivity index (χ3v) is 3.22. The van der Waals surface area contributed by atoms with E-state index in [4.69, 9.17) is 14.7 Å². The lowest BCUT2D eigenvalue weighted by Gasteiger charge is -2.05. The number of nitriles is 1. The van der Waals surface area contributed by atoms with Crippen LogP contribution in [-0.2, 0) is 14.3 Å². The van der Waals surface area contributed by atoms with Gasteiger partial charge in [0.2, 0.25) is 0 Å². The van der Waals surface area contributed by atoms with E-state index in [2.05, 4.69) is 5.32 Å². The van der Waals surface area contributed by atoms with Gasteiger partial charge in [-0.1, -0.05) is 18.2 Å². The van der Waals surface area contributed by atoms with Gasteiger partial charge in [-0.05, 0) is 48.9 Å². The van der Waals surface area contributed by atoms with Crippen LogP contribution < -0.4 is 10.1 Å². The fourth-order valence-corrected chi connectivity index (χ4v) is 2.05. The molecule has 0 fully saturated rings. The van der Waals surface area contributed by atoms with E-state index in [0.29, 0.717) is 17.9 Å². The monoisotopic (exact) mass is 350 g/mol. The SMILES string of the molecule is CCOc1ccc(C=CC(=O)OCC(=O)Nc2cccc(C#N)c2)cc1. The summed E-state index contributed by atoms with van der Waals surface area (Å²) < 4.78 is 10.2. The van der Waals surface area contributed by atoms with Crippen LogP contribution in [0.4, 0.5) is 5.69 Å². The number of esters is 1. The van der Waals surface area contributed by atoms with Crippen molar-refractivity contribution in [2.24, 2.45) is 0 Å². The Morgan fingerprint density at radius 1 is 1.19 bits per heavy atom. The Hall–Kier alpha value is -3.59. The maximum Gasteiger partial charge on any atom is 0.331 e. The van der Waals surface area contributed by atoms with Crippen LogP contribution in [0.1, 0.15) is 18.1 Å². The van der Waals surface area contributed by atoms with Crippen LogP contribution in [0, 0.1) is 11.3 Å². The lowest BCUT2D eigenvalue weighted by molar-refractivity contribution is -0.142. The van der Waals surface area contributed by atoms with E-state index in [-0.39, 0.29) is 0 Å². The number of ether oxygens (including phenoxy) is 2. The van der Waals surface area contributed by atoms with E-state index in [0.717, 1.165) is 11.3 Å². The summed E-state index contributed by atoms with van der Waals surface area (Å²) in [6, 6.07) is 15.7. The molecule has 6 heteroatoms. The van der Waals surface area contributed by atoms with Crippen molar-refractivity contribution in [1.82, 2.24) is 0 Å². The van der Waals surface area contributed by atoms with Crippen LogP contribution in [0.15, 0.2) is 54.6 Å². The molecule has 0 heterocycles. The average molecular weight is 350 g/mol. The molecule has 0 aliphatic carbocycles. The molecule has 132 valence electrons. The maximum atomic E-state index is 11.8. The highest BCUT2D eigenvalue weighted by Crippen LogP contribution is 2.13. The van der Waals surface area contributed by atoms with Crippen molar-refractivity contribution in [3.8, 4) is 11.8 Å². The number of anilines is 1. The summed E-state index contributed by atoms with van der Waals surface area (Å²) in [7, 11) is 0. The van der Waals surface area contributed by atoms with Gasteiger partial charge in [-0.3, -0.25) is 4.79 Å². The van der Waals surface area contributed by atoms with Gasteiger partial charge in [0.1, 0.15) is 5.75 Å². The van der Waals surface area contributed by atoms with E-state index in [9.17, 15) is 9.59 Å². The third kappa shape index (κ3) is 6.13. The van der Waals surface area contributed by atoms with Gasteiger partial charge in [-0.25, -0.2) is 4.79 Å². The Bertz CT molecular complexity index is 836. The molecule has 2 aromatic carbocycles. The molecular formula is C20H18N2O4. The summed E-state index contributed by atoms with van der Waals surface area (Å²) in [5.74, 6) is -0.355. The first-order chi connectivity index (χ1) is 12.6. The summed E-state index contributed by atoms with van der Waals surface area (Å²) in [6.45, 7) is 2.08. The summed E-state index contributed by atoms with van der Waals surface area (Å²) in [5.41, 5.74) is 1.70. The van der Waals surface area contributed by atoms with Gasteiger partial charge in [0.25, 0.3) is 5.91 Å². The minimum absolute atomic E-state index is 0.413. The number of nitrogens with zero attached hydrogens (tertiary/aromatic N) is 1. The predicted octanol–water partition coefficient (Wildman–Crippen LogP) is 3.15. The number of hydrogen-bond donors (Lipinski definition) is 1. The van der Waals surface area contributed by atoms with E-state index in [1.807, 2.05) is 25.1 Å². The first-order valence-corrected chi connectivity index (χ1v) is 7.98. The quantitative estimate of drug-likeness (QED) is 0.612. The van der Waals surface area contributed by atoms with Crippen molar-refractivity contribution in [2.45, 2.75) is 6.92 Å². The molecule has 0 saturated heterocycles. The van der Waals surface area contributed by atoms with Crippen molar-refractivity contribution < 1.29 is 19.1 Å². The highest BCUT2D eigenvalue weighted by atomic mass is 16.5. The van der Waals surface area contributed by atoms with Crippen molar-refractivity contribution in [3.05, 3.63) is 65.7 Å². The number of carbonyl (C=O) groups is 2. The van der Waals surface area contributed by atoms with Gasteiger partial charge in [-0.15, -0.1) is 0 Å². The fourth-order valence-electron chi connectivity index (χ4n) is 2.05. The predicted molar refractivity (Wildman–Crippen MR) is 97.4 cm³/mol. The second kappa shape index (κ2) is 9.64. The summed E-state index contributed by atoms with van der Waals surface area (Å²) >= 11 is 0. The molecule has 26 heavy (non-hydrogen) atoms. The Labute approximate surface area is 151 Å². The fraction of sp³-hybridized carbons (Fsp3) is 0.150. The summed E-state index contributed by atoms with van der Waals surface area (Å²) in [6.07, 6.45) is 2.84. The number of benzene rings is 2. The van der Waals surface area contributed by atoms with Crippen molar-refractivity contribution in [1.29, 1.82) is 5.26 Å². The van der Waals surface area contributed by atoms with Gasteiger partial charge >= 0.3 is 5.97 Å². The van der Waals surface area contributed by atoms with E-state index >= 15 is 0 Å². The average Bonchev–Trinajstić information content (AvgIpc) is 2.66. The highest BCUT2D eigenvalue weighted by molar-refractivity contribution is 5.94. The van der Waals surface area contributed by atoms with Crippen LogP contribution >= 0.6 is 0 Å². The topological polar surface area (TPSA) is 88.4 Å². The van der Waals surface area contributed by atoms with Gasteiger partial charge in [-0.2, -0.15) is 5.26 Å². The van der Waals surface area contributed by atoms with Gasteiger partial charge in [0.15, 0.2) is 6.61 Å². The molecule has 0 aliphatic heterocycles. The van der Waals surface area contributed by atoms with Crippen molar-refractivity contribution >= 4 is 23.6 Å². The van der Waals surface area contributed by atoms with Crippen LogP contribution in [-0.4, -0.2) is 25.1 Å². The smallest absolute Gasteiger partial charge is 0.331 e. The number of rotatable bonds is 7. The van der Waals surface area contributed by atoms with Crippen LogP contribution in [0.3, 0.4) is 0 Å². The number of nitrogens with one attached hydrogen (secondary N) is 1. The number of carbonyl (C=O) groups excluding carboxylic acids is 2. The first kappa shape index (κ1) is 18.7. The number of amides is 1. The lowest BCUT2D eigenvalue weighted by atomic mass is 10.2. The van der Waals surface area contributed by atoms with E-state index in [1.165, 1.54) is 12.1 Å². The Morgan fingerprint density at radius 2 is 1.96 bits per heavy atom. The second-order valence-corrected chi connectivity index (χ2v) is 5.18. The molecule has 6 nitrogen and oxygen atoms in total. The number of hydrogen-bond acceptors (Lipinski definition) is 5. The molecule has 2 aromatic rings. The molecule has 1 amide bonds. The normalized spacial score (nSPS) is 10.2. The zero-order chi connectivity index (χ0) is 18.8. The highest BCUT2D eigenvalue weighted by Gasteiger charge is 2.06. The molecule has 0 bridgehead atoms. The van der Waals surface area contributed by atoms with Crippen LogP contribution in [0.2, 0.25) is 0 Å². The maximum absolute atomic E-state index is 11.8. The summed E-state index contributed by atoms with van der Waals surface area (Å²) in [4.78, 5) is 23.5. The van der Waals surface area contributed by atoms with E-state index in [1.54, 1.807) is 36.4 Å². The molecule has 0 atom stereocenters. The van der Waals surface area contributed by atoms with Gasteiger partial charge in [0, 0.05) is 11.8 Å². The van der Waals surface area contributed by atoms with Crippen molar-refractivity contribution in [3.63, 3.8) is 0 Å². The Kier molecular flexibility index (Phi) is 6.95. The largest absolute Gasteiger partial charge is 0.494 e. The molecule has 0 unspecified atom stereocenters. The summed E-state index contributed by atoms with van der Waals surface area (Å²) in [5, 5.41) is 11.4. The minimum Gasteiger partial charge on any atom is -0.494 e.